The Labute approximate surface area is 193 Å². The SMILES string of the molecule is CC(C)c1ccc([C@@]2(C)NC(=O)N(CC(=O)c3ccc4c(c3)CCN4S(C)(=O)=O)C2=O)cc1. The fraction of sp³-hybridized carbons (Fsp3) is 0.375. The molecular weight excluding hydrogens is 442 g/mol. The highest BCUT2D eigenvalue weighted by Gasteiger charge is 2.49. The van der Waals surface area contributed by atoms with Crippen molar-refractivity contribution < 1.29 is 22.8 Å². The molecule has 0 bridgehead atoms. The minimum atomic E-state index is -3.39. The van der Waals surface area contributed by atoms with Gasteiger partial charge in [-0.05, 0) is 54.2 Å². The molecule has 2 aromatic rings. The summed E-state index contributed by atoms with van der Waals surface area (Å²) in [6.07, 6.45) is 1.64. The van der Waals surface area contributed by atoms with Crippen LogP contribution in [0.5, 0.6) is 0 Å². The van der Waals surface area contributed by atoms with E-state index in [1.807, 2.05) is 24.3 Å². The van der Waals surface area contributed by atoms with Crippen molar-refractivity contribution >= 4 is 33.4 Å². The molecule has 1 atom stereocenters. The summed E-state index contributed by atoms with van der Waals surface area (Å²) in [7, 11) is -3.39. The van der Waals surface area contributed by atoms with Crippen LogP contribution in [0, 0.1) is 0 Å². The van der Waals surface area contributed by atoms with Crippen LogP contribution < -0.4 is 9.62 Å². The summed E-state index contributed by atoms with van der Waals surface area (Å²) < 4.78 is 25.1. The first-order valence-electron chi connectivity index (χ1n) is 10.8. The van der Waals surface area contributed by atoms with Gasteiger partial charge in [-0.3, -0.25) is 18.8 Å². The second-order valence-corrected chi connectivity index (χ2v) is 11.0. The molecular formula is C24H27N3O5S. The molecule has 0 spiro atoms. The number of carbonyl (C=O) groups is 3. The highest BCUT2D eigenvalue weighted by atomic mass is 32.2. The topological polar surface area (TPSA) is 104 Å². The Morgan fingerprint density at radius 2 is 1.79 bits per heavy atom. The largest absolute Gasteiger partial charge is 0.325 e. The number of hydrogen-bond donors (Lipinski definition) is 1. The fourth-order valence-electron chi connectivity index (χ4n) is 4.36. The molecule has 0 radical (unpaired) electrons. The Kier molecular flexibility index (Phi) is 5.56. The van der Waals surface area contributed by atoms with Crippen LogP contribution >= 0.6 is 0 Å². The minimum Gasteiger partial charge on any atom is -0.319 e. The first-order valence-corrected chi connectivity index (χ1v) is 12.6. The summed E-state index contributed by atoms with van der Waals surface area (Å²) in [5, 5.41) is 2.73. The number of nitrogens with one attached hydrogen (secondary N) is 1. The number of fused-ring (bicyclic) bond motifs is 1. The zero-order valence-corrected chi connectivity index (χ0v) is 19.9. The Bertz CT molecular complexity index is 1250. The van der Waals surface area contributed by atoms with Crippen molar-refractivity contribution in [3.63, 3.8) is 0 Å². The summed E-state index contributed by atoms with van der Waals surface area (Å²) >= 11 is 0. The number of rotatable bonds is 6. The van der Waals surface area contributed by atoms with Crippen LogP contribution in [0.3, 0.4) is 0 Å². The van der Waals surface area contributed by atoms with Crippen molar-refractivity contribution in [2.24, 2.45) is 0 Å². The van der Waals surface area contributed by atoms with E-state index in [0.29, 0.717) is 35.7 Å². The van der Waals surface area contributed by atoms with Crippen LogP contribution in [0.15, 0.2) is 42.5 Å². The molecule has 0 aliphatic carbocycles. The van der Waals surface area contributed by atoms with Crippen molar-refractivity contribution in [2.45, 2.75) is 38.6 Å². The number of urea groups is 1. The normalized spacial score (nSPS) is 20.4. The third-order valence-electron chi connectivity index (χ3n) is 6.39. The average molecular weight is 470 g/mol. The zero-order valence-electron chi connectivity index (χ0n) is 19.1. The van der Waals surface area contributed by atoms with Gasteiger partial charge < -0.3 is 5.32 Å². The number of nitrogens with zero attached hydrogens (tertiary/aromatic N) is 2. The maximum Gasteiger partial charge on any atom is 0.325 e. The van der Waals surface area contributed by atoms with Gasteiger partial charge in [0.2, 0.25) is 10.0 Å². The molecule has 1 fully saturated rings. The molecule has 0 aromatic heterocycles. The number of sulfonamides is 1. The molecule has 33 heavy (non-hydrogen) atoms. The van der Waals surface area contributed by atoms with Gasteiger partial charge >= 0.3 is 6.03 Å². The second-order valence-electron chi connectivity index (χ2n) is 9.07. The Hall–Kier alpha value is -3.20. The van der Waals surface area contributed by atoms with E-state index in [0.717, 1.165) is 22.3 Å². The fourth-order valence-corrected chi connectivity index (χ4v) is 5.32. The number of imide groups is 1. The molecule has 2 heterocycles. The van der Waals surface area contributed by atoms with Crippen molar-refractivity contribution in [3.05, 3.63) is 64.7 Å². The summed E-state index contributed by atoms with van der Waals surface area (Å²) in [4.78, 5) is 39.7. The third-order valence-corrected chi connectivity index (χ3v) is 7.57. The van der Waals surface area contributed by atoms with Crippen molar-refractivity contribution in [3.8, 4) is 0 Å². The molecule has 3 amide bonds. The summed E-state index contributed by atoms with van der Waals surface area (Å²) in [5.41, 5.74) is 2.16. The number of ketones is 1. The quantitative estimate of drug-likeness (QED) is 0.518. The van der Waals surface area contributed by atoms with Gasteiger partial charge in [-0.25, -0.2) is 13.2 Å². The minimum absolute atomic E-state index is 0.326. The highest BCUT2D eigenvalue weighted by molar-refractivity contribution is 7.92. The summed E-state index contributed by atoms with van der Waals surface area (Å²) in [6, 6.07) is 11.7. The molecule has 0 saturated carbocycles. The number of carbonyl (C=O) groups excluding carboxylic acids is 3. The first kappa shape index (κ1) is 23.0. The highest BCUT2D eigenvalue weighted by Crippen LogP contribution is 2.32. The molecule has 0 unspecified atom stereocenters. The van der Waals surface area contributed by atoms with E-state index in [-0.39, 0.29) is 6.54 Å². The van der Waals surface area contributed by atoms with Crippen LogP contribution in [-0.4, -0.2) is 50.4 Å². The number of Topliss-reactive ketones (excluding diaryl/α,β-unsaturated/α-hetero) is 1. The van der Waals surface area contributed by atoms with Crippen molar-refractivity contribution in [1.29, 1.82) is 0 Å². The van der Waals surface area contributed by atoms with Gasteiger partial charge in [0, 0.05) is 12.1 Å². The molecule has 9 heteroatoms. The molecule has 8 nitrogen and oxygen atoms in total. The molecule has 4 rings (SSSR count). The maximum absolute atomic E-state index is 13.2. The van der Waals surface area contributed by atoms with E-state index >= 15 is 0 Å². The van der Waals surface area contributed by atoms with Crippen LogP contribution in [0.25, 0.3) is 0 Å². The average Bonchev–Trinajstić information content (AvgIpc) is 3.28. The van der Waals surface area contributed by atoms with Crippen LogP contribution in [-0.2, 0) is 26.8 Å². The summed E-state index contributed by atoms with van der Waals surface area (Å²) in [6.45, 7) is 5.72. The summed E-state index contributed by atoms with van der Waals surface area (Å²) in [5.74, 6) is -0.534. The van der Waals surface area contributed by atoms with E-state index in [2.05, 4.69) is 19.2 Å². The van der Waals surface area contributed by atoms with Crippen LogP contribution in [0.2, 0.25) is 0 Å². The van der Waals surface area contributed by atoms with E-state index in [1.54, 1.807) is 19.1 Å². The number of amides is 3. The lowest BCUT2D eigenvalue weighted by molar-refractivity contribution is -0.130. The van der Waals surface area contributed by atoms with Gasteiger partial charge in [0.15, 0.2) is 5.78 Å². The molecule has 2 aliphatic rings. The van der Waals surface area contributed by atoms with Crippen LogP contribution in [0.1, 0.15) is 53.7 Å². The number of anilines is 1. The van der Waals surface area contributed by atoms with Gasteiger partial charge in [-0.15, -0.1) is 0 Å². The Balaban J connectivity index is 1.53. The van der Waals surface area contributed by atoms with Gasteiger partial charge in [-0.2, -0.15) is 0 Å². The van der Waals surface area contributed by atoms with E-state index in [4.69, 9.17) is 0 Å². The lowest BCUT2D eigenvalue weighted by atomic mass is 9.90. The molecule has 1 saturated heterocycles. The van der Waals surface area contributed by atoms with Gasteiger partial charge in [0.05, 0.1) is 18.5 Å². The van der Waals surface area contributed by atoms with E-state index < -0.39 is 33.3 Å². The smallest absolute Gasteiger partial charge is 0.319 e. The lowest BCUT2D eigenvalue weighted by Gasteiger charge is -2.22. The zero-order chi connectivity index (χ0) is 24.1. The van der Waals surface area contributed by atoms with E-state index in [9.17, 15) is 22.8 Å². The Morgan fingerprint density at radius 1 is 1.12 bits per heavy atom. The predicted molar refractivity (Wildman–Crippen MR) is 125 cm³/mol. The van der Waals surface area contributed by atoms with Crippen molar-refractivity contribution in [2.75, 3.05) is 23.7 Å². The van der Waals surface area contributed by atoms with Gasteiger partial charge in [0.25, 0.3) is 5.91 Å². The third kappa shape index (κ3) is 4.01. The Morgan fingerprint density at radius 3 is 2.39 bits per heavy atom. The van der Waals surface area contributed by atoms with E-state index in [1.165, 1.54) is 10.4 Å². The molecule has 2 aromatic carbocycles. The van der Waals surface area contributed by atoms with Crippen LogP contribution in [0.4, 0.5) is 10.5 Å². The standard InChI is InChI=1S/C24H27N3O5S/c1-15(2)16-5-8-19(9-6-16)24(3)22(29)26(23(30)25-24)14-21(28)18-7-10-20-17(13-18)11-12-27(20)33(4,31)32/h5-10,13,15H,11-12,14H2,1-4H3,(H,25,30)/t24-/m1/s1. The van der Waals surface area contributed by atoms with Gasteiger partial charge in [0.1, 0.15) is 5.54 Å². The predicted octanol–water partition coefficient (Wildman–Crippen LogP) is 2.78. The number of hydrogen-bond acceptors (Lipinski definition) is 5. The first-order chi connectivity index (χ1) is 15.4. The molecule has 174 valence electrons. The lowest BCUT2D eigenvalue weighted by Crippen LogP contribution is -2.41. The monoisotopic (exact) mass is 469 g/mol. The number of benzene rings is 2. The second kappa shape index (κ2) is 7.98. The molecule has 2 aliphatic heterocycles. The maximum atomic E-state index is 13.2. The molecule has 1 N–H and O–H groups in total. The van der Waals surface area contributed by atoms with Crippen molar-refractivity contribution in [1.82, 2.24) is 10.2 Å². The van der Waals surface area contributed by atoms with Gasteiger partial charge in [-0.1, -0.05) is 38.1 Å².